The van der Waals surface area contributed by atoms with Crippen molar-refractivity contribution in [2.45, 2.75) is 0 Å². The highest BCUT2D eigenvalue weighted by Gasteiger charge is 2.13. The number of ketones is 1. The molecule has 0 unspecified atom stereocenters. The number of benzene rings is 1. The molecule has 0 aliphatic carbocycles. The van der Waals surface area contributed by atoms with Gasteiger partial charge < -0.3 is 10.1 Å². The third-order valence-corrected chi connectivity index (χ3v) is 2.21. The summed E-state index contributed by atoms with van der Waals surface area (Å²) in [6.45, 7) is 0. The van der Waals surface area contributed by atoms with Gasteiger partial charge in [0, 0.05) is 17.3 Å². The number of hydrogen-bond donors (Lipinski definition) is 2. The van der Waals surface area contributed by atoms with Gasteiger partial charge in [-0.3, -0.25) is 4.79 Å². The minimum Gasteiger partial charge on any atom is -0.477 e. The lowest BCUT2D eigenvalue weighted by atomic mass is 10.1. The van der Waals surface area contributed by atoms with Crippen molar-refractivity contribution >= 4 is 11.8 Å². The number of nitrogens with one attached hydrogen (secondary N) is 1. The monoisotopic (exact) mass is 215 g/mol. The molecule has 0 amide bonds. The summed E-state index contributed by atoms with van der Waals surface area (Å²) in [6.07, 6.45) is 1.40. The molecule has 2 aromatic rings. The summed E-state index contributed by atoms with van der Waals surface area (Å²) in [7, 11) is 0. The Morgan fingerprint density at radius 3 is 2.31 bits per heavy atom. The summed E-state index contributed by atoms with van der Waals surface area (Å²) in [6, 6.07) is 10.1. The molecule has 2 rings (SSSR count). The van der Waals surface area contributed by atoms with E-state index in [9.17, 15) is 9.59 Å². The fraction of sp³-hybridized carbons (Fsp3) is 0. The number of carboxylic acids is 1. The Balaban J connectivity index is 2.31. The van der Waals surface area contributed by atoms with E-state index in [1.807, 2.05) is 6.07 Å². The number of carbonyl (C=O) groups is 2. The van der Waals surface area contributed by atoms with Crippen LogP contribution in [-0.4, -0.2) is 21.8 Å². The van der Waals surface area contributed by atoms with Gasteiger partial charge in [0.05, 0.1) is 0 Å². The average Bonchev–Trinajstić information content (AvgIpc) is 2.78. The smallest absolute Gasteiger partial charge is 0.352 e. The quantitative estimate of drug-likeness (QED) is 0.768. The number of carbonyl (C=O) groups excluding carboxylic acids is 1. The summed E-state index contributed by atoms with van der Waals surface area (Å²) < 4.78 is 0. The molecule has 0 fully saturated rings. The maximum absolute atomic E-state index is 11.9. The lowest BCUT2D eigenvalue weighted by Crippen LogP contribution is -1.99. The molecule has 16 heavy (non-hydrogen) atoms. The van der Waals surface area contributed by atoms with Crippen molar-refractivity contribution in [2.24, 2.45) is 0 Å². The first kappa shape index (κ1) is 10.2. The molecule has 4 nitrogen and oxygen atoms in total. The van der Waals surface area contributed by atoms with Crippen molar-refractivity contribution < 1.29 is 14.7 Å². The van der Waals surface area contributed by atoms with Crippen LogP contribution in [0.25, 0.3) is 0 Å². The van der Waals surface area contributed by atoms with Gasteiger partial charge in [-0.15, -0.1) is 0 Å². The SMILES string of the molecule is O=C(c1ccccc1)c1c[nH]c(C(=O)O)c1. The highest BCUT2D eigenvalue weighted by atomic mass is 16.4. The maximum Gasteiger partial charge on any atom is 0.352 e. The first-order chi connectivity index (χ1) is 7.68. The average molecular weight is 215 g/mol. The van der Waals surface area contributed by atoms with Crippen LogP contribution in [0.5, 0.6) is 0 Å². The number of aromatic nitrogens is 1. The number of H-pyrrole nitrogens is 1. The van der Waals surface area contributed by atoms with Gasteiger partial charge in [0.1, 0.15) is 5.69 Å². The Kier molecular flexibility index (Phi) is 2.55. The minimum absolute atomic E-state index is 0.0132. The van der Waals surface area contributed by atoms with Gasteiger partial charge >= 0.3 is 5.97 Å². The second kappa shape index (κ2) is 4.02. The van der Waals surface area contributed by atoms with Crippen LogP contribution in [0.15, 0.2) is 42.6 Å². The number of aromatic carboxylic acids is 1. The molecular weight excluding hydrogens is 206 g/mol. The van der Waals surface area contributed by atoms with E-state index in [1.165, 1.54) is 12.3 Å². The van der Waals surface area contributed by atoms with Crippen LogP contribution in [0.1, 0.15) is 26.4 Å². The first-order valence-electron chi connectivity index (χ1n) is 4.70. The third kappa shape index (κ3) is 1.86. The zero-order valence-corrected chi connectivity index (χ0v) is 8.31. The molecule has 0 saturated carbocycles. The van der Waals surface area contributed by atoms with Gasteiger partial charge in [0.15, 0.2) is 5.78 Å². The van der Waals surface area contributed by atoms with Gasteiger partial charge in [0.2, 0.25) is 0 Å². The molecule has 2 N–H and O–H groups in total. The number of rotatable bonds is 3. The summed E-state index contributed by atoms with van der Waals surface area (Å²) in [5, 5.41) is 8.71. The summed E-state index contributed by atoms with van der Waals surface area (Å²) in [5.41, 5.74) is 0.904. The lowest BCUT2D eigenvalue weighted by Gasteiger charge is -1.96. The molecule has 0 bridgehead atoms. The summed E-state index contributed by atoms with van der Waals surface area (Å²) >= 11 is 0. The van der Waals surface area contributed by atoms with Crippen LogP contribution in [0.2, 0.25) is 0 Å². The molecular formula is C12H9NO3. The molecule has 1 aromatic heterocycles. The second-order valence-electron chi connectivity index (χ2n) is 3.30. The van der Waals surface area contributed by atoms with E-state index < -0.39 is 5.97 Å². The number of hydrogen-bond acceptors (Lipinski definition) is 2. The van der Waals surface area contributed by atoms with Crippen molar-refractivity contribution in [3.63, 3.8) is 0 Å². The van der Waals surface area contributed by atoms with E-state index in [1.54, 1.807) is 24.3 Å². The minimum atomic E-state index is -1.08. The molecule has 0 aliphatic rings. The topological polar surface area (TPSA) is 70.2 Å². The van der Waals surface area contributed by atoms with Crippen LogP contribution in [0.4, 0.5) is 0 Å². The predicted molar refractivity (Wildman–Crippen MR) is 57.6 cm³/mol. The molecule has 0 atom stereocenters. The normalized spacial score (nSPS) is 10.0. The van der Waals surface area contributed by atoms with E-state index in [0.29, 0.717) is 11.1 Å². The van der Waals surface area contributed by atoms with E-state index in [0.717, 1.165) is 0 Å². The first-order valence-corrected chi connectivity index (χ1v) is 4.70. The molecule has 80 valence electrons. The van der Waals surface area contributed by atoms with E-state index >= 15 is 0 Å². The molecule has 1 aromatic carbocycles. The van der Waals surface area contributed by atoms with Crippen molar-refractivity contribution in [1.29, 1.82) is 0 Å². The summed E-state index contributed by atoms with van der Waals surface area (Å²) in [4.78, 5) is 25.0. The van der Waals surface area contributed by atoms with Gasteiger partial charge in [-0.1, -0.05) is 30.3 Å². The fourth-order valence-electron chi connectivity index (χ4n) is 1.41. The third-order valence-electron chi connectivity index (χ3n) is 2.21. The van der Waals surface area contributed by atoms with Crippen molar-refractivity contribution in [2.75, 3.05) is 0 Å². The van der Waals surface area contributed by atoms with Gasteiger partial charge in [0.25, 0.3) is 0 Å². The van der Waals surface area contributed by atoms with Gasteiger partial charge in [-0.2, -0.15) is 0 Å². The Morgan fingerprint density at radius 1 is 1.06 bits per heavy atom. The highest BCUT2D eigenvalue weighted by molar-refractivity contribution is 6.09. The van der Waals surface area contributed by atoms with Crippen LogP contribution < -0.4 is 0 Å². The van der Waals surface area contributed by atoms with Crippen molar-refractivity contribution in [3.8, 4) is 0 Å². The standard InChI is InChI=1S/C12H9NO3/c14-11(8-4-2-1-3-5-8)9-6-10(12(15)16)13-7-9/h1-7,13H,(H,15,16). The molecule has 0 saturated heterocycles. The molecule has 0 aliphatic heterocycles. The lowest BCUT2D eigenvalue weighted by molar-refractivity contribution is 0.0691. The number of carboxylic acid groups (broad SMARTS) is 1. The Morgan fingerprint density at radius 2 is 1.75 bits per heavy atom. The molecule has 0 radical (unpaired) electrons. The largest absolute Gasteiger partial charge is 0.477 e. The van der Waals surface area contributed by atoms with Gasteiger partial charge in [-0.25, -0.2) is 4.79 Å². The Hall–Kier alpha value is -2.36. The summed E-state index contributed by atoms with van der Waals surface area (Å²) in [5.74, 6) is -1.27. The van der Waals surface area contributed by atoms with E-state index in [4.69, 9.17) is 5.11 Å². The molecule has 1 heterocycles. The zero-order chi connectivity index (χ0) is 11.5. The second-order valence-corrected chi connectivity index (χ2v) is 3.30. The van der Waals surface area contributed by atoms with E-state index in [-0.39, 0.29) is 11.5 Å². The maximum atomic E-state index is 11.9. The van der Waals surface area contributed by atoms with Crippen LogP contribution in [-0.2, 0) is 0 Å². The Bertz CT molecular complexity index is 528. The molecule has 0 spiro atoms. The number of aromatic amines is 1. The van der Waals surface area contributed by atoms with E-state index in [2.05, 4.69) is 4.98 Å². The van der Waals surface area contributed by atoms with Crippen molar-refractivity contribution in [1.82, 2.24) is 4.98 Å². The highest BCUT2D eigenvalue weighted by Crippen LogP contribution is 2.10. The zero-order valence-electron chi connectivity index (χ0n) is 8.31. The fourth-order valence-corrected chi connectivity index (χ4v) is 1.41. The van der Waals surface area contributed by atoms with Crippen LogP contribution in [0, 0.1) is 0 Å². The van der Waals surface area contributed by atoms with Crippen molar-refractivity contribution in [3.05, 3.63) is 59.4 Å². The molecule has 4 heteroatoms. The van der Waals surface area contributed by atoms with Crippen LogP contribution >= 0.6 is 0 Å². The predicted octanol–water partition coefficient (Wildman–Crippen LogP) is 1.94. The van der Waals surface area contributed by atoms with Gasteiger partial charge in [-0.05, 0) is 6.07 Å². The Labute approximate surface area is 91.5 Å². The van der Waals surface area contributed by atoms with Crippen LogP contribution in [0.3, 0.4) is 0 Å².